The molecule has 2 fully saturated rings. The average molecular weight is 321 g/mol. The lowest BCUT2D eigenvalue weighted by atomic mass is 9.76. The first kappa shape index (κ1) is 16.1. The maximum atomic E-state index is 10.7. The molecule has 1 spiro atoms. The second-order valence-electron chi connectivity index (χ2n) is 6.72. The number of aromatic nitrogens is 1. The third-order valence-corrected chi connectivity index (χ3v) is 5.38. The van der Waals surface area contributed by atoms with E-state index in [2.05, 4.69) is 10.3 Å². The van der Waals surface area contributed by atoms with Gasteiger partial charge in [-0.05, 0) is 38.2 Å². The first-order valence-electron chi connectivity index (χ1n) is 8.12. The summed E-state index contributed by atoms with van der Waals surface area (Å²) in [6, 6.07) is 1.51. The van der Waals surface area contributed by atoms with Crippen LogP contribution in [0.1, 0.15) is 31.2 Å². The van der Waals surface area contributed by atoms with Gasteiger partial charge < -0.3 is 15.2 Å². The van der Waals surface area contributed by atoms with Crippen LogP contribution >= 0.6 is 0 Å². The highest BCUT2D eigenvalue weighted by Gasteiger charge is 2.47. The number of nitrogens with one attached hydrogen (secondary N) is 1. The van der Waals surface area contributed by atoms with Gasteiger partial charge in [0.25, 0.3) is 5.69 Å². The Kier molecular flexibility index (Phi) is 4.50. The zero-order valence-electron chi connectivity index (χ0n) is 13.3. The SMILES string of the molecule is Cc1cc([N+](=O)[O-])cnc1NC[C@@H]1CCC2(CCOCC2)[C@H]1O. The molecule has 2 aliphatic rings. The van der Waals surface area contributed by atoms with Gasteiger partial charge in [0.2, 0.25) is 0 Å². The van der Waals surface area contributed by atoms with Crippen molar-refractivity contribution in [2.45, 2.75) is 38.7 Å². The molecular formula is C16H23N3O4. The maximum Gasteiger partial charge on any atom is 0.287 e. The molecule has 1 saturated carbocycles. The Hall–Kier alpha value is -1.73. The standard InChI is InChI=1S/C16H23N3O4/c1-11-8-13(19(21)22)10-18-15(11)17-9-12-2-3-16(14(12)20)4-6-23-7-5-16/h8,10,12,14,20H,2-7,9H2,1H3,(H,17,18)/t12-,14-/m0/s1. The highest BCUT2D eigenvalue weighted by Crippen LogP contribution is 2.48. The first-order chi connectivity index (χ1) is 11.0. The van der Waals surface area contributed by atoms with Crippen LogP contribution in [-0.2, 0) is 4.74 Å². The predicted molar refractivity (Wildman–Crippen MR) is 85.3 cm³/mol. The molecule has 23 heavy (non-hydrogen) atoms. The number of aliphatic hydroxyl groups is 1. The lowest BCUT2D eigenvalue weighted by Crippen LogP contribution is -2.40. The third-order valence-electron chi connectivity index (χ3n) is 5.38. The zero-order valence-corrected chi connectivity index (χ0v) is 13.3. The Morgan fingerprint density at radius 3 is 2.87 bits per heavy atom. The van der Waals surface area contributed by atoms with E-state index < -0.39 is 4.92 Å². The Labute approximate surface area is 135 Å². The summed E-state index contributed by atoms with van der Waals surface area (Å²) in [5, 5.41) is 24.7. The molecule has 0 amide bonds. The summed E-state index contributed by atoms with van der Waals surface area (Å²) in [7, 11) is 0. The molecule has 0 unspecified atom stereocenters. The van der Waals surface area contributed by atoms with Gasteiger partial charge in [-0.3, -0.25) is 10.1 Å². The molecular weight excluding hydrogens is 298 g/mol. The van der Waals surface area contributed by atoms with Crippen LogP contribution in [0.4, 0.5) is 11.5 Å². The number of nitrogens with zero attached hydrogens (tertiary/aromatic N) is 2. The van der Waals surface area contributed by atoms with Gasteiger partial charge in [0.15, 0.2) is 0 Å². The minimum absolute atomic E-state index is 0.00453. The highest BCUT2D eigenvalue weighted by atomic mass is 16.6. The van der Waals surface area contributed by atoms with E-state index >= 15 is 0 Å². The fraction of sp³-hybridized carbons (Fsp3) is 0.688. The molecule has 1 aromatic heterocycles. The smallest absolute Gasteiger partial charge is 0.287 e. The van der Waals surface area contributed by atoms with Crippen LogP contribution in [0.2, 0.25) is 0 Å². The summed E-state index contributed by atoms with van der Waals surface area (Å²) in [5.41, 5.74) is 0.755. The van der Waals surface area contributed by atoms with E-state index in [1.807, 2.05) is 0 Å². The van der Waals surface area contributed by atoms with Crippen LogP contribution in [-0.4, -0.2) is 40.9 Å². The molecule has 7 heteroatoms. The number of aliphatic hydroxyl groups excluding tert-OH is 1. The van der Waals surface area contributed by atoms with Crippen molar-refractivity contribution >= 4 is 11.5 Å². The minimum Gasteiger partial charge on any atom is -0.392 e. The van der Waals surface area contributed by atoms with Crippen molar-refractivity contribution in [3.05, 3.63) is 27.9 Å². The van der Waals surface area contributed by atoms with Gasteiger partial charge in [-0.1, -0.05) is 0 Å². The third kappa shape index (κ3) is 3.16. The van der Waals surface area contributed by atoms with E-state index in [1.165, 1.54) is 12.3 Å². The number of aryl methyl sites for hydroxylation is 1. The molecule has 1 aliphatic heterocycles. The Balaban J connectivity index is 1.62. The molecule has 7 nitrogen and oxygen atoms in total. The number of hydrogen-bond acceptors (Lipinski definition) is 6. The monoisotopic (exact) mass is 321 g/mol. The molecule has 126 valence electrons. The number of rotatable bonds is 4. The van der Waals surface area contributed by atoms with E-state index in [-0.39, 0.29) is 23.1 Å². The topological polar surface area (TPSA) is 97.5 Å². The normalized spacial score (nSPS) is 26.3. The van der Waals surface area contributed by atoms with E-state index in [0.717, 1.165) is 44.5 Å². The van der Waals surface area contributed by atoms with Gasteiger partial charge in [-0.25, -0.2) is 4.98 Å². The highest BCUT2D eigenvalue weighted by molar-refractivity contribution is 5.48. The van der Waals surface area contributed by atoms with Gasteiger partial charge in [0.1, 0.15) is 12.0 Å². The molecule has 3 rings (SSSR count). The largest absolute Gasteiger partial charge is 0.392 e. The van der Waals surface area contributed by atoms with Crippen molar-refractivity contribution in [1.29, 1.82) is 0 Å². The van der Waals surface area contributed by atoms with Crippen LogP contribution in [0.5, 0.6) is 0 Å². The Morgan fingerprint density at radius 1 is 1.48 bits per heavy atom. The molecule has 1 saturated heterocycles. The molecule has 2 atom stereocenters. The van der Waals surface area contributed by atoms with E-state index in [9.17, 15) is 15.2 Å². The number of anilines is 1. The van der Waals surface area contributed by atoms with Crippen LogP contribution < -0.4 is 5.32 Å². The molecule has 0 bridgehead atoms. The summed E-state index contributed by atoms with van der Waals surface area (Å²) in [6.07, 6.45) is 4.83. The lowest BCUT2D eigenvalue weighted by molar-refractivity contribution is -0.385. The second kappa shape index (κ2) is 6.41. The lowest BCUT2D eigenvalue weighted by Gasteiger charge is -2.37. The summed E-state index contributed by atoms with van der Waals surface area (Å²) < 4.78 is 5.42. The average Bonchev–Trinajstić information content (AvgIpc) is 2.83. The van der Waals surface area contributed by atoms with Gasteiger partial charge in [-0.15, -0.1) is 0 Å². The van der Waals surface area contributed by atoms with Crippen molar-refractivity contribution in [3.8, 4) is 0 Å². The number of hydrogen-bond donors (Lipinski definition) is 2. The zero-order chi connectivity index (χ0) is 16.4. The number of pyridine rings is 1. The number of ether oxygens (including phenoxy) is 1. The van der Waals surface area contributed by atoms with Gasteiger partial charge >= 0.3 is 0 Å². The Morgan fingerprint density at radius 2 is 2.22 bits per heavy atom. The summed E-state index contributed by atoms with van der Waals surface area (Å²) in [4.78, 5) is 14.4. The van der Waals surface area contributed by atoms with Crippen LogP contribution in [0.15, 0.2) is 12.3 Å². The van der Waals surface area contributed by atoms with Crippen molar-refractivity contribution in [2.24, 2.45) is 11.3 Å². The molecule has 1 aromatic rings. The number of nitro groups is 1. The maximum absolute atomic E-state index is 10.7. The van der Waals surface area contributed by atoms with E-state index in [0.29, 0.717) is 12.4 Å². The minimum atomic E-state index is -0.445. The van der Waals surface area contributed by atoms with E-state index in [1.54, 1.807) is 6.92 Å². The summed E-state index contributed by atoms with van der Waals surface area (Å²) in [5.74, 6) is 0.834. The van der Waals surface area contributed by atoms with Crippen LogP contribution in [0.3, 0.4) is 0 Å². The molecule has 1 aliphatic carbocycles. The summed E-state index contributed by atoms with van der Waals surface area (Å²) in [6.45, 7) is 3.91. The van der Waals surface area contributed by atoms with Crippen LogP contribution in [0.25, 0.3) is 0 Å². The van der Waals surface area contributed by atoms with Crippen molar-refractivity contribution in [1.82, 2.24) is 4.98 Å². The Bertz CT molecular complexity index is 587. The van der Waals surface area contributed by atoms with E-state index in [4.69, 9.17) is 4.74 Å². The molecule has 0 aromatic carbocycles. The quantitative estimate of drug-likeness (QED) is 0.652. The van der Waals surface area contributed by atoms with Crippen molar-refractivity contribution in [3.63, 3.8) is 0 Å². The summed E-state index contributed by atoms with van der Waals surface area (Å²) >= 11 is 0. The van der Waals surface area contributed by atoms with Gasteiger partial charge in [0.05, 0.1) is 11.0 Å². The second-order valence-corrected chi connectivity index (χ2v) is 6.72. The molecule has 2 heterocycles. The fourth-order valence-electron chi connectivity index (χ4n) is 3.89. The first-order valence-corrected chi connectivity index (χ1v) is 8.12. The fourth-order valence-corrected chi connectivity index (χ4v) is 3.89. The molecule has 2 N–H and O–H groups in total. The van der Waals surface area contributed by atoms with Gasteiger partial charge in [0, 0.05) is 37.2 Å². The van der Waals surface area contributed by atoms with Gasteiger partial charge in [-0.2, -0.15) is 0 Å². The molecule has 0 radical (unpaired) electrons. The van der Waals surface area contributed by atoms with Crippen molar-refractivity contribution in [2.75, 3.05) is 25.1 Å². The van der Waals surface area contributed by atoms with Crippen LogP contribution in [0, 0.1) is 28.4 Å². The van der Waals surface area contributed by atoms with Crippen molar-refractivity contribution < 1.29 is 14.8 Å². The predicted octanol–water partition coefficient (Wildman–Crippen LogP) is 2.28.